The lowest BCUT2D eigenvalue weighted by Gasteiger charge is -2.07. The van der Waals surface area contributed by atoms with Crippen LogP contribution in [-0.4, -0.2) is 36.3 Å². The predicted molar refractivity (Wildman–Crippen MR) is 99.9 cm³/mol. The first-order valence-electron chi connectivity index (χ1n) is 8.51. The fourth-order valence-corrected chi connectivity index (χ4v) is 2.75. The van der Waals surface area contributed by atoms with Gasteiger partial charge in [0.05, 0.1) is 18.9 Å². The van der Waals surface area contributed by atoms with Crippen molar-refractivity contribution in [3.05, 3.63) is 58.4 Å². The van der Waals surface area contributed by atoms with Crippen molar-refractivity contribution in [3.8, 4) is 0 Å². The third kappa shape index (κ3) is 4.59. The SMILES string of the molecule is CCCn1c(C)cc(C(=O)CON=Cc2ccc(C(=O)OC)cc2)c1C. The minimum atomic E-state index is -0.393. The molecule has 0 saturated heterocycles. The number of methoxy groups -OCH3 is 1. The number of ether oxygens (including phenoxy) is 1. The van der Waals surface area contributed by atoms with Gasteiger partial charge in [-0.2, -0.15) is 0 Å². The van der Waals surface area contributed by atoms with Gasteiger partial charge in [-0.05, 0) is 44.0 Å². The Balaban J connectivity index is 1.93. The number of oxime groups is 1. The van der Waals surface area contributed by atoms with Gasteiger partial charge >= 0.3 is 5.97 Å². The van der Waals surface area contributed by atoms with Crippen LogP contribution in [0.3, 0.4) is 0 Å². The summed E-state index contributed by atoms with van der Waals surface area (Å²) in [6.07, 6.45) is 2.51. The molecule has 0 saturated carbocycles. The van der Waals surface area contributed by atoms with Crippen LogP contribution in [0.25, 0.3) is 0 Å². The molecule has 0 radical (unpaired) electrons. The number of hydrogen-bond acceptors (Lipinski definition) is 5. The Bertz CT molecular complexity index is 804. The van der Waals surface area contributed by atoms with Gasteiger partial charge in [0, 0.05) is 23.5 Å². The van der Waals surface area contributed by atoms with Crippen LogP contribution in [0.1, 0.15) is 51.0 Å². The summed E-state index contributed by atoms with van der Waals surface area (Å²) in [5.74, 6) is -0.491. The van der Waals surface area contributed by atoms with E-state index in [0.717, 1.165) is 29.9 Å². The molecule has 0 aliphatic rings. The lowest BCUT2D eigenvalue weighted by atomic mass is 10.1. The summed E-state index contributed by atoms with van der Waals surface area (Å²) in [5, 5.41) is 3.83. The molecule has 138 valence electrons. The standard InChI is InChI=1S/C20H24N2O4/c1-5-10-22-14(2)11-18(15(22)3)19(23)13-26-21-12-16-6-8-17(9-7-16)20(24)25-4/h6-9,11-12H,5,10,13H2,1-4H3. The number of benzene rings is 1. The van der Waals surface area contributed by atoms with E-state index < -0.39 is 5.97 Å². The molecule has 0 unspecified atom stereocenters. The van der Waals surface area contributed by atoms with Crippen LogP contribution in [0, 0.1) is 13.8 Å². The predicted octanol–water partition coefficient (Wildman–Crippen LogP) is 3.53. The van der Waals surface area contributed by atoms with Crippen LogP contribution in [0.15, 0.2) is 35.5 Å². The average molecular weight is 356 g/mol. The van der Waals surface area contributed by atoms with E-state index in [1.807, 2.05) is 19.9 Å². The molecule has 2 aromatic rings. The number of carbonyl (C=O) groups is 2. The Morgan fingerprint density at radius 2 is 1.88 bits per heavy atom. The summed E-state index contributed by atoms with van der Waals surface area (Å²) in [6.45, 7) is 6.83. The zero-order valence-electron chi connectivity index (χ0n) is 15.6. The fourth-order valence-electron chi connectivity index (χ4n) is 2.75. The number of carbonyl (C=O) groups excluding carboxylic acids is 2. The maximum atomic E-state index is 12.3. The van der Waals surface area contributed by atoms with Crippen molar-refractivity contribution >= 4 is 18.0 Å². The first-order valence-corrected chi connectivity index (χ1v) is 8.51. The van der Waals surface area contributed by atoms with E-state index in [2.05, 4.69) is 21.4 Å². The molecule has 0 aliphatic heterocycles. The van der Waals surface area contributed by atoms with Gasteiger partial charge in [-0.25, -0.2) is 4.79 Å². The summed E-state index contributed by atoms with van der Waals surface area (Å²) in [4.78, 5) is 28.8. The smallest absolute Gasteiger partial charge is 0.337 e. The molecule has 0 aliphatic carbocycles. The van der Waals surface area contributed by atoms with Crippen molar-refractivity contribution in [2.45, 2.75) is 33.7 Å². The number of aryl methyl sites for hydroxylation is 1. The Labute approximate surface area is 153 Å². The largest absolute Gasteiger partial charge is 0.465 e. The number of rotatable bonds is 8. The molecule has 26 heavy (non-hydrogen) atoms. The summed E-state index contributed by atoms with van der Waals surface area (Å²) >= 11 is 0. The first kappa shape index (κ1) is 19.4. The lowest BCUT2D eigenvalue weighted by molar-refractivity contribution is 0.0600. The summed E-state index contributed by atoms with van der Waals surface area (Å²) in [7, 11) is 1.34. The van der Waals surface area contributed by atoms with Crippen molar-refractivity contribution in [2.24, 2.45) is 5.16 Å². The summed E-state index contributed by atoms with van der Waals surface area (Å²) < 4.78 is 6.78. The monoisotopic (exact) mass is 356 g/mol. The second kappa shape index (κ2) is 8.99. The van der Waals surface area contributed by atoms with E-state index in [1.165, 1.54) is 13.3 Å². The van der Waals surface area contributed by atoms with Gasteiger partial charge in [-0.3, -0.25) is 4.79 Å². The van der Waals surface area contributed by atoms with Crippen LogP contribution < -0.4 is 0 Å². The van der Waals surface area contributed by atoms with Crippen LogP contribution in [0.4, 0.5) is 0 Å². The Kier molecular flexibility index (Phi) is 6.72. The highest BCUT2D eigenvalue weighted by atomic mass is 16.6. The lowest BCUT2D eigenvalue weighted by Crippen LogP contribution is -2.09. The second-order valence-electron chi connectivity index (χ2n) is 5.98. The topological polar surface area (TPSA) is 69.9 Å². The van der Waals surface area contributed by atoms with Gasteiger partial charge in [-0.1, -0.05) is 24.2 Å². The van der Waals surface area contributed by atoms with E-state index in [1.54, 1.807) is 24.3 Å². The number of nitrogens with zero attached hydrogens (tertiary/aromatic N) is 2. The molecule has 6 heteroatoms. The zero-order chi connectivity index (χ0) is 19.1. The van der Waals surface area contributed by atoms with Crippen molar-refractivity contribution in [1.82, 2.24) is 4.57 Å². The number of esters is 1. The van der Waals surface area contributed by atoms with Gasteiger partial charge in [0.2, 0.25) is 5.78 Å². The Morgan fingerprint density at radius 1 is 1.19 bits per heavy atom. The number of aromatic nitrogens is 1. The molecule has 1 aromatic heterocycles. The van der Waals surface area contributed by atoms with E-state index in [9.17, 15) is 9.59 Å². The maximum Gasteiger partial charge on any atom is 0.337 e. The molecule has 0 atom stereocenters. The van der Waals surface area contributed by atoms with Crippen molar-refractivity contribution in [3.63, 3.8) is 0 Å². The highest BCUT2D eigenvalue weighted by molar-refractivity contribution is 5.98. The number of hydrogen-bond donors (Lipinski definition) is 0. The van der Waals surface area contributed by atoms with Gasteiger partial charge in [0.1, 0.15) is 0 Å². The van der Waals surface area contributed by atoms with Crippen molar-refractivity contribution < 1.29 is 19.2 Å². The Morgan fingerprint density at radius 3 is 2.50 bits per heavy atom. The number of ketones is 1. The van der Waals surface area contributed by atoms with Gasteiger partial charge in [-0.15, -0.1) is 0 Å². The van der Waals surface area contributed by atoms with Crippen LogP contribution in [0.2, 0.25) is 0 Å². The molecular formula is C20H24N2O4. The van der Waals surface area contributed by atoms with E-state index in [-0.39, 0.29) is 12.4 Å². The molecule has 0 fully saturated rings. The molecule has 0 amide bonds. The first-order chi connectivity index (χ1) is 12.5. The molecule has 1 heterocycles. The summed E-state index contributed by atoms with van der Waals surface area (Å²) in [6, 6.07) is 8.62. The zero-order valence-corrected chi connectivity index (χ0v) is 15.6. The minimum Gasteiger partial charge on any atom is -0.465 e. The molecule has 1 aromatic carbocycles. The quantitative estimate of drug-likeness (QED) is 0.314. The molecule has 0 bridgehead atoms. The van der Waals surface area contributed by atoms with Crippen molar-refractivity contribution in [2.75, 3.05) is 13.7 Å². The molecular weight excluding hydrogens is 332 g/mol. The fraction of sp³-hybridized carbons (Fsp3) is 0.350. The van der Waals surface area contributed by atoms with Crippen LogP contribution in [0.5, 0.6) is 0 Å². The van der Waals surface area contributed by atoms with E-state index in [4.69, 9.17) is 4.84 Å². The van der Waals surface area contributed by atoms with Crippen molar-refractivity contribution in [1.29, 1.82) is 0 Å². The maximum absolute atomic E-state index is 12.3. The normalized spacial score (nSPS) is 10.9. The molecule has 2 rings (SSSR count). The Hall–Kier alpha value is -2.89. The summed E-state index contributed by atoms with van der Waals surface area (Å²) in [5.41, 5.74) is 3.92. The average Bonchev–Trinajstić information content (AvgIpc) is 2.93. The van der Waals surface area contributed by atoms with Crippen LogP contribution in [-0.2, 0) is 16.1 Å². The molecule has 0 spiro atoms. The third-order valence-electron chi connectivity index (χ3n) is 4.13. The molecule has 6 nitrogen and oxygen atoms in total. The molecule has 0 N–H and O–H groups in total. The van der Waals surface area contributed by atoms with E-state index >= 15 is 0 Å². The van der Waals surface area contributed by atoms with Gasteiger partial charge in [0.15, 0.2) is 6.61 Å². The third-order valence-corrected chi connectivity index (χ3v) is 4.13. The second-order valence-corrected chi connectivity index (χ2v) is 5.98. The van der Waals surface area contributed by atoms with E-state index in [0.29, 0.717) is 11.1 Å². The minimum absolute atomic E-state index is 0.0985. The van der Waals surface area contributed by atoms with Gasteiger partial charge < -0.3 is 14.1 Å². The highest BCUT2D eigenvalue weighted by Crippen LogP contribution is 2.16. The highest BCUT2D eigenvalue weighted by Gasteiger charge is 2.15. The van der Waals surface area contributed by atoms with Gasteiger partial charge in [0.25, 0.3) is 0 Å². The van der Waals surface area contributed by atoms with Crippen LogP contribution >= 0.6 is 0 Å². The number of Topliss-reactive ketones (excluding diaryl/α,β-unsaturated/α-hetero) is 1.